The minimum atomic E-state index is -2.91. The highest BCUT2D eigenvalue weighted by Gasteiger charge is 2.19. The van der Waals surface area contributed by atoms with E-state index in [1.165, 1.54) is 0 Å². The van der Waals surface area contributed by atoms with Crippen LogP contribution in [0, 0.1) is 11.3 Å². The van der Waals surface area contributed by atoms with Crippen LogP contribution in [-0.4, -0.2) is 16.1 Å². The van der Waals surface area contributed by atoms with Gasteiger partial charge in [-0.25, -0.2) is 18.6 Å². The number of halogens is 3. The smallest absolute Gasteiger partial charge is 0.355 e. The van der Waals surface area contributed by atoms with Crippen molar-refractivity contribution in [2.75, 3.05) is 0 Å². The summed E-state index contributed by atoms with van der Waals surface area (Å²) >= 11 is 2.81. The van der Waals surface area contributed by atoms with Gasteiger partial charge in [-0.1, -0.05) is 0 Å². The normalized spacial score (nSPS) is 10.1. The Hall–Kier alpha value is -1.55. The maximum Gasteiger partial charge on any atom is 0.355 e. The number of hydrogen-bond acceptors (Lipinski definition) is 3. The van der Waals surface area contributed by atoms with Crippen LogP contribution in [-0.2, 0) is 0 Å². The first-order valence-corrected chi connectivity index (χ1v) is 4.38. The van der Waals surface area contributed by atoms with E-state index in [4.69, 9.17) is 10.4 Å². The average Bonchev–Trinajstić information content (AvgIpc) is 2.17. The number of nitrogens with zero attached hydrogens (tertiary/aromatic N) is 2. The third-order valence-electron chi connectivity index (χ3n) is 1.52. The minimum Gasteiger partial charge on any atom is -0.476 e. The van der Waals surface area contributed by atoms with Gasteiger partial charge >= 0.3 is 5.97 Å². The van der Waals surface area contributed by atoms with Crippen molar-refractivity contribution >= 4 is 21.9 Å². The molecule has 0 aromatic carbocycles. The van der Waals surface area contributed by atoms with Crippen LogP contribution in [0.2, 0.25) is 0 Å². The molecular weight excluding hydrogens is 274 g/mol. The number of carbonyl (C=O) groups is 1. The monoisotopic (exact) mass is 276 g/mol. The number of hydrogen-bond donors (Lipinski definition) is 1. The third-order valence-corrected chi connectivity index (χ3v) is 2.33. The van der Waals surface area contributed by atoms with Gasteiger partial charge in [0.15, 0.2) is 5.69 Å². The molecule has 1 aromatic rings. The van der Waals surface area contributed by atoms with Crippen LogP contribution in [0.1, 0.15) is 28.2 Å². The van der Waals surface area contributed by atoms with Crippen molar-refractivity contribution in [2.24, 2.45) is 0 Å². The molecular formula is C8H3BrF2N2O2. The summed E-state index contributed by atoms with van der Waals surface area (Å²) in [6.07, 6.45) is -2.91. The zero-order chi connectivity index (χ0) is 11.6. The van der Waals surface area contributed by atoms with Gasteiger partial charge in [0.2, 0.25) is 0 Å². The second-order valence-corrected chi connectivity index (χ2v) is 3.27. The summed E-state index contributed by atoms with van der Waals surface area (Å²) in [7, 11) is 0. The Bertz CT molecular complexity index is 457. The van der Waals surface area contributed by atoms with Crippen molar-refractivity contribution in [1.82, 2.24) is 4.98 Å². The molecule has 4 nitrogen and oxygen atoms in total. The van der Waals surface area contributed by atoms with Crippen molar-refractivity contribution in [3.05, 3.63) is 27.5 Å². The standard InChI is InChI=1S/C8H3BrF2N2O2/c9-5-3(2-12)1-4(7(10)11)13-6(5)8(14)15/h1,7H,(H,14,15). The molecule has 0 fully saturated rings. The van der Waals surface area contributed by atoms with E-state index in [0.717, 1.165) is 6.07 Å². The lowest BCUT2D eigenvalue weighted by atomic mass is 10.2. The molecule has 0 amide bonds. The van der Waals surface area contributed by atoms with Crippen molar-refractivity contribution in [3.8, 4) is 6.07 Å². The molecule has 0 spiro atoms. The van der Waals surface area contributed by atoms with Crippen LogP contribution < -0.4 is 0 Å². The second-order valence-electron chi connectivity index (χ2n) is 2.47. The van der Waals surface area contributed by atoms with Crippen molar-refractivity contribution in [1.29, 1.82) is 5.26 Å². The molecule has 1 N–H and O–H groups in total. The summed E-state index contributed by atoms with van der Waals surface area (Å²) in [5.41, 5.74) is -1.51. The minimum absolute atomic E-state index is 0.0955. The van der Waals surface area contributed by atoms with E-state index in [-0.39, 0.29) is 10.0 Å². The predicted octanol–water partition coefficient (Wildman–Crippen LogP) is 2.35. The van der Waals surface area contributed by atoms with E-state index in [0.29, 0.717) is 0 Å². The maximum atomic E-state index is 12.3. The summed E-state index contributed by atoms with van der Waals surface area (Å²) in [5.74, 6) is -1.47. The van der Waals surface area contributed by atoms with E-state index in [1.807, 2.05) is 0 Å². The molecule has 0 saturated heterocycles. The zero-order valence-corrected chi connectivity index (χ0v) is 8.62. The Morgan fingerprint density at radius 2 is 2.27 bits per heavy atom. The third kappa shape index (κ3) is 2.27. The fourth-order valence-corrected chi connectivity index (χ4v) is 1.35. The van der Waals surface area contributed by atoms with Gasteiger partial charge in [0.25, 0.3) is 6.43 Å². The van der Waals surface area contributed by atoms with Gasteiger partial charge < -0.3 is 5.11 Å². The summed E-state index contributed by atoms with van der Waals surface area (Å²) in [4.78, 5) is 13.9. The Labute approximate surface area is 91.3 Å². The first kappa shape index (κ1) is 11.5. The van der Waals surface area contributed by atoms with Crippen LogP contribution in [0.25, 0.3) is 0 Å². The zero-order valence-electron chi connectivity index (χ0n) is 7.04. The molecule has 0 aliphatic heterocycles. The first-order chi connectivity index (χ1) is 6.97. The van der Waals surface area contributed by atoms with Gasteiger partial charge in [-0.2, -0.15) is 5.26 Å². The molecule has 0 aliphatic rings. The second kappa shape index (κ2) is 4.31. The molecule has 15 heavy (non-hydrogen) atoms. The fraction of sp³-hybridized carbons (Fsp3) is 0.125. The number of pyridine rings is 1. The maximum absolute atomic E-state index is 12.3. The highest BCUT2D eigenvalue weighted by atomic mass is 79.9. The molecule has 0 aliphatic carbocycles. The molecule has 1 rings (SSSR count). The lowest BCUT2D eigenvalue weighted by molar-refractivity contribution is 0.0687. The van der Waals surface area contributed by atoms with Crippen LogP contribution in [0.4, 0.5) is 8.78 Å². The average molecular weight is 277 g/mol. The Morgan fingerprint density at radius 1 is 1.67 bits per heavy atom. The summed E-state index contributed by atoms with van der Waals surface area (Å²) in [6.45, 7) is 0. The number of aromatic nitrogens is 1. The highest BCUT2D eigenvalue weighted by molar-refractivity contribution is 9.10. The highest BCUT2D eigenvalue weighted by Crippen LogP contribution is 2.25. The molecule has 0 saturated carbocycles. The Balaban J connectivity index is 3.47. The molecule has 0 radical (unpaired) electrons. The van der Waals surface area contributed by atoms with Gasteiger partial charge in [-0.3, -0.25) is 0 Å². The van der Waals surface area contributed by atoms with Gasteiger partial charge in [0, 0.05) is 0 Å². The number of carboxylic acid groups (broad SMARTS) is 1. The van der Waals surface area contributed by atoms with Crippen molar-refractivity contribution < 1.29 is 18.7 Å². The number of nitriles is 1. The van der Waals surface area contributed by atoms with Gasteiger partial charge in [0.1, 0.15) is 11.8 Å². The molecule has 0 atom stereocenters. The number of carboxylic acids is 1. The first-order valence-electron chi connectivity index (χ1n) is 3.59. The van der Waals surface area contributed by atoms with E-state index in [9.17, 15) is 13.6 Å². The number of rotatable bonds is 2. The largest absolute Gasteiger partial charge is 0.476 e. The van der Waals surface area contributed by atoms with E-state index < -0.39 is 23.8 Å². The lowest BCUT2D eigenvalue weighted by Crippen LogP contribution is -2.06. The molecule has 0 bridgehead atoms. The molecule has 0 unspecified atom stereocenters. The van der Waals surface area contributed by atoms with E-state index in [2.05, 4.69) is 20.9 Å². The Morgan fingerprint density at radius 3 is 2.67 bits per heavy atom. The van der Waals surface area contributed by atoms with Crippen LogP contribution in [0.5, 0.6) is 0 Å². The van der Waals surface area contributed by atoms with Crippen molar-refractivity contribution in [3.63, 3.8) is 0 Å². The topological polar surface area (TPSA) is 74.0 Å². The van der Waals surface area contributed by atoms with Crippen LogP contribution >= 0.6 is 15.9 Å². The number of alkyl halides is 2. The fourth-order valence-electron chi connectivity index (χ4n) is 0.884. The van der Waals surface area contributed by atoms with Crippen LogP contribution in [0.15, 0.2) is 10.5 Å². The van der Waals surface area contributed by atoms with E-state index in [1.54, 1.807) is 6.07 Å². The summed E-state index contributed by atoms with van der Waals surface area (Å²) in [5, 5.41) is 17.2. The van der Waals surface area contributed by atoms with Crippen molar-refractivity contribution in [2.45, 2.75) is 6.43 Å². The Kier molecular flexibility index (Phi) is 3.31. The summed E-state index contributed by atoms with van der Waals surface area (Å²) < 4.78 is 24.5. The number of aromatic carboxylic acids is 1. The van der Waals surface area contributed by atoms with Crippen LogP contribution in [0.3, 0.4) is 0 Å². The lowest BCUT2D eigenvalue weighted by Gasteiger charge is -2.04. The SMILES string of the molecule is N#Cc1cc(C(F)F)nc(C(=O)O)c1Br. The molecule has 1 heterocycles. The quantitative estimate of drug-likeness (QED) is 0.900. The predicted molar refractivity (Wildman–Crippen MR) is 48.6 cm³/mol. The van der Waals surface area contributed by atoms with Gasteiger partial charge in [-0.05, 0) is 22.0 Å². The van der Waals surface area contributed by atoms with E-state index >= 15 is 0 Å². The summed E-state index contributed by atoms with van der Waals surface area (Å²) in [6, 6.07) is 2.45. The molecule has 1 aromatic heterocycles. The molecule has 78 valence electrons. The van der Waals surface area contributed by atoms with Gasteiger partial charge in [0.05, 0.1) is 10.0 Å². The molecule has 7 heteroatoms. The van der Waals surface area contributed by atoms with Gasteiger partial charge in [-0.15, -0.1) is 0 Å².